The summed E-state index contributed by atoms with van der Waals surface area (Å²) in [5.74, 6) is -0.826. The number of hydrogen-bond donors (Lipinski definition) is 1. The van der Waals surface area contributed by atoms with Crippen molar-refractivity contribution in [2.75, 3.05) is 11.9 Å². The summed E-state index contributed by atoms with van der Waals surface area (Å²) in [6, 6.07) is 12.5. The second-order valence-electron chi connectivity index (χ2n) is 4.36. The van der Waals surface area contributed by atoms with E-state index >= 15 is 0 Å². The molecule has 1 amide bonds. The van der Waals surface area contributed by atoms with Gasteiger partial charge in [-0.2, -0.15) is 0 Å². The van der Waals surface area contributed by atoms with E-state index in [9.17, 15) is 9.59 Å². The van der Waals surface area contributed by atoms with Gasteiger partial charge in [0.1, 0.15) is 5.69 Å². The SMILES string of the molecule is C[C@@H](OC(=O)c1ccc[nH]1)C(=O)N(C)c1ccccc1. The maximum Gasteiger partial charge on any atom is 0.355 e. The van der Waals surface area contributed by atoms with E-state index in [0.29, 0.717) is 5.69 Å². The second kappa shape index (κ2) is 6.06. The molecule has 2 rings (SSSR count). The fourth-order valence-electron chi connectivity index (χ4n) is 1.78. The zero-order valence-corrected chi connectivity index (χ0v) is 11.4. The zero-order chi connectivity index (χ0) is 14.5. The molecule has 1 aromatic carbocycles. The Morgan fingerprint density at radius 1 is 1.15 bits per heavy atom. The molecule has 1 heterocycles. The van der Waals surface area contributed by atoms with E-state index in [2.05, 4.69) is 4.98 Å². The molecular formula is C15H16N2O3. The van der Waals surface area contributed by atoms with Gasteiger partial charge in [-0.15, -0.1) is 0 Å². The highest BCUT2D eigenvalue weighted by molar-refractivity contribution is 5.98. The minimum atomic E-state index is -0.851. The number of rotatable bonds is 4. The molecule has 2 aromatic rings. The summed E-state index contributed by atoms with van der Waals surface area (Å²) in [6.07, 6.45) is 0.773. The molecule has 0 fully saturated rings. The Kier molecular flexibility index (Phi) is 4.20. The van der Waals surface area contributed by atoms with Crippen LogP contribution < -0.4 is 4.90 Å². The molecule has 0 saturated carbocycles. The van der Waals surface area contributed by atoms with Gasteiger partial charge in [0.05, 0.1) is 0 Å². The van der Waals surface area contributed by atoms with E-state index < -0.39 is 12.1 Å². The first kappa shape index (κ1) is 13.9. The van der Waals surface area contributed by atoms with Gasteiger partial charge < -0.3 is 14.6 Å². The van der Waals surface area contributed by atoms with Crippen LogP contribution in [-0.2, 0) is 9.53 Å². The van der Waals surface area contributed by atoms with Crippen LogP contribution in [0.3, 0.4) is 0 Å². The van der Waals surface area contributed by atoms with Gasteiger partial charge in [-0.05, 0) is 31.2 Å². The van der Waals surface area contributed by atoms with Crippen LogP contribution in [0.25, 0.3) is 0 Å². The number of benzene rings is 1. The monoisotopic (exact) mass is 272 g/mol. The van der Waals surface area contributed by atoms with Crippen molar-refractivity contribution in [3.8, 4) is 0 Å². The highest BCUT2D eigenvalue weighted by atomic mass is 16.5. The molecule has 0 radical (unpaired) electrons. The predicted molar refractivity (Wildman–Crippen MR) is 75.5 cm³/mol. The third-order valence-corrected chi connectivity index (χ3v) is 2.92. The highest BCUT2D eigenvalue weighted by Crippen LogP contribution is 2.13. The number of nitrogens with one attached hydrogen (secondary N) is 1. The number of likely N-dealkylation sites (N-methyl/N-ethyl adjacent to an activating group) is 1. The predicted octanol–water partition coefficient (Wildman–Crippen LogP) is 2.22. The average Bonchev–Trinajstić information content (AvgIpc) is 3.01. The van der Waals surface area contributed by atoms with Crippen LogP contribution in [0.2, 0.25) is 0 Å². The Morgan fingerprint density at radius 2 is 1.85 bits per heavy atom. The topological polar surface area (TPSA) is 62.4 Å². The Labute approximate surface area is 117 Å². The van der Waals surface area contributed by atoms with E-state index in [1.165, 1.54) is 4.90 Å². The number of amides is 1. The van der Waals surface area contributed by atoms with E-state index in [4.69, 9.17) is 4.74 Å². The van der Waals surface area contributed by atoms with Crippen LogP contribution in [0.5, 0.6) is 0 Å². The molecule has 1 N–H and O–H groups in total. The molecule has 0 aliphatic rings. The number of carbonyl (C=O) groups excluding carboxylic acids is 2. The number of para-hydroxylation sites is 1. The first-order chi connectivity index (χ1) is 9.59. The van der Waals surface area contributed by atoms with Crippen LogP contribution in [0.15, 0.2) is 48.7 Å². The number of nitrogens with zero attached hydrogens (tertiary/aromatic N) is 1. The van der Waals surface area contributed by atoms with Crippen LogP contribution >= 0.6 is 0 Å². The van der Waals surface area contributed by atoms with Crippen LogP contribution in [0, 0.1) is 0 Å². The third kappa shape index (κ3) is 3.06. The van der Waals surface area contributed by atoms with Crippen molar-refractivity contribution in [1.29, 1.82) is 0 Å². The summed E-state index contributed by atoms with van der Waals surface area (Å²) in [5.41, 5.74) is 1.08. The zero-order valence-electron chi connectivity index (χ0n) is 11.4. The van der Waals surface area contributed by atoms with Gasteiger partial charge in [0, 0.05) is 18.9 Å². The van der Waals surface area contributed by atoms with Gasteiger partial charge >= 0.3 is 5.97 Å². The number of aromatic amines is 1. The summed E-state index contributed by atoms with van der Waals surface area (Å²) in [7, 11) is 1.65. The first-order valence-electron chi connectivity index (χ1n) is 6.26. The Hall–Kier alpha value is -2.56. The lowest BCUT2D eigenvalue weighted by molar-refractivity contribution is -0.126. The van der Waals surface area contributed by atoms with Crippen molar-refractivity contribution in [2.45, 2.75) is 13.0 Å². The van der Waals surface area contributed by atoms with Gasteiger partial charge in [0.2, 0.25) is 0 Å². The van der Waals surface area contributed by atoms with Crippen LogP contribution in [0.1, 0.15) is 17.4 Å². The minimum absolute atomic E-state index is 0.281. The lowest BCUT2D eigenvalue weighted by atomic mass is 10.2. The van der Waals surface area contributed by atoms with Crippen molar-refractivity contribution >= 4 is 17.6 Å². The maximum atomic E-state index is 12.2. The molecule has 0 aliphatic heterocycles. The number of carbonyl (C=O) groups is 2. The van der Waals surface area contributed by atoms with Gasteiger partial charge in [-0.25, -0.2) is 4.79 Å². The van der Waals surface area contributed by atoms with Crippen molar-refractivity contribution in [3.05, 3.63) is 54.4 Å². The summed E-state index contributed by atoms with van der Waals surface area (Å²) >= 11 is 0. The molecule has 0 aliphatic carbocycles. The number of ether oxygens (including phenoxy) is 1. The molecule has 5 heteroatoms. The van der Waals surface area contributed by atoms with Crippen molar-refractivity contribution in [2.24, 2.45) is 0 Å². The summed E-state index contributed by atoms with van der Waals surface area (Å²) in [6.45, 7) is 1.56. The molecule has 1 aromatic heterocycles. The first-order valence-corrected chi connectivity index (χ1v) is 6.26. The van der Waals surface area contributed by atoms with Crippen molar-refractivity contribution in [1.82, 2.24) is 4.98 Å². The quantitative estimate of drug-likeness (QED) is 0.868. The number of esters is 1. The van der Waals surface area contributed by atoms with Crippen LogP contribution in [0.4, 0.5) is 5.69 Å². The smallest absolute Gasteiger partial charge is 0.355 e. The fourth-order valence-corrected chi connectivity index (χ4v) is 1.78. The maximum absolute atomic E-state index is 12.2. The van der Waals surface area contributed by atoms with E-state index in [-0.39, 0.29) is 5.91 Å². The van der Waals surface area contributed by atoms with Gasteiger partial charge in [-0.1, -0.05) is 18.2 Å². The molecule has 1 atom stereocenters. The van der Waals surface area contributed by atoms with Crippen molar-refractivity contribution < 1.29 is 14.3 Å². The van der Waals surface area contributed by atoms with Crippen LogP contribution in [-0.4, -0.2) is 30.0 Å². The van der Waals surface area contributed by atoms with E-state index in [1.54, 1.807) is 32.3 Å². The Morgan fingerprint density at radius 3 is 2.45 bits per heavy atom. The highest BCUT2D eigenvalue weighted by Gasteiger charge is 2.23. The number of aromatic nitrogens is 1. The Bertz CT molecular complexity index is 578. The molecule has 0 bridgehead atoms. The molecular weight excluding hydrogens is 256 g/mol. The van der Waals surface area contributed by atoms with Gasteiger partial charge in [0.25, 0.3) is 5.91 Å². The van der Waals surface area contributed by atoms with Crippen molar-refractivity contribution in [3.63, 3.8) is 0 Å². The minimum Gasteiger partial charge on any atom is -0.448 e. The van der Waals surface area contributed by atoms with E-state index in [1.807, 2.05) is 30.3 Å². The standard InChI is InChI=1S/C15H16N2O3/c1-11(20-15(19)13-9-6-10-16-13)14(18)17(2)12-7-4-3-5-8-12/h3-11,16H,1-2H3/t11-/m1/s1. The average molecular weight is 272 g/mol. The molecule has 104 valence electrons. The normalized spacial score (nSPS) is 11.7. The second-order valence-corrected chi connectivity index (χ2v) is 4.36. The summed E-state index contributed by atoms with van der Waals surface area (Å²) in [5, 5.41) is 0. The fraction of sp³-hybridized carbons (Fsp3) is 0.200. The molecule has 0 saturated heterocycles. The largest absolute Gasteiger partial charge is 0.448 e. The molecule has 20 heavy (non-hydrogen) atoms. The number of hydrogen-bond acceptors (Lipinski definition) is 3. The number of H-pyrrole nitrogens is 1. The Balaban J connectivity index is 2.00. The number of anilines is 1. The molecule has 5 nitrogen and oxygen atoms in total. The lowest BCUT2D eigenvalue weighted by Crippen LogP contribution is -2.37. The van der Waals surface area contributed by atoms with Gasteiger partial charge in [-0.3, -0.25) is 4.79 Å². The van der Waals surface area contributed by atoms with Gasteiger partial charge in [0.15, 0.2) is 6.10 Å². The van der Waals surface area contributed by atoms with E-state index in [0.717, 1.165) is 5.69 Å². The molecule has 0 unspecified atom stereocenters. The third-order valence-electron chi connectivity index (χ3n) is 2.92. The lowest BCUT2D eigenvalue weighted by Gasteiger charge is -2.21. The summed E-state index contributed by atoms with van der Waals surface area (Å²) in [4.78, 5) is 28.2. The summed E-state index contributed by atoms with van der Waals surface area (Å²) < 4.78 is 5.14. The molecule has 0 spiro atoms.